The van der Waals surface area contributed by atoms with Crippen molar-refractivity contribution in [3.63, 3.8) is 0 Å². The number of rotatable bonds is 5. The molecule has 0 radical (unpaired) electrons. The van der Waals surface area contributed by atoms with Crippen molar-refractivity contribution in [1.82, 2.24) is 10.3 Å². The van der Waals surface area contributed by atoms with E-state index in [2.05, 4.69) is 15.6 Å². The van der Waals surface area contributed by atoms with Gasteiger partial charge >= 0.3 is 0 Å². The summed E-state index contributed by atoms with van der Waals surface area (Å²) in [6.45, 7) is 5.77. The van der Waals surface area contributed by atoms with Crippen molar-refractivity contribution in [3.8, 4) is 0 Å². The number of nitrogens with one attached hydrogen (secondary N) is 2. The lowest BCUT2D eigenvalue weighted by molar-refractivity contribution is -0.383. The highest BCUT2D eigenvalue weighted by Crippen LogP contribution is 2.33. The summed E-state index contributed by atoms with van der Waals surface area (Å²) in [6, 6.07) is 7.23. The topological polar surface area (TPSA) is 97.2 Å². The number of non-ortho nitro benzene ring substituents is 1. The van der Waals surface area contributed by atoms with Crippen molar-refractivity contribution in [2.24, 2.45) is 5.92 Å². The maximum absolute atomic E-state index is 12.4. The number of carbonyl (C=O) groups is 1. The predicted octanol–water partition coefficient (Wildman–Crippen LogP) is 3.95. The van der Waals surface area contributed by atoms with Crippen molar-refractivity contribution in [2.75, 3.05) is 5.32 Å². The van der Waals surface area contributed by atoms with E-state index >= 15 is 0 Å². The van der Waals surface area contributed by atoms with Crippen LogP contribution in [-0.2, 0) is 4.79 Å². The Morgan fingerprint density at radius 1 is 1.33 bits per heavy atom. The van der Waals surface area contributed by atoms with E-state index in [0.717, 1.165) is 42.5 Å². The first kappa shape index (κ1) is 19.1. The standard InChI is InChI=1S/C20H26N4O3/c1-12(2)21-20(25)14-6-4-7-15(11-14)23-17-10-13(3)22-19-16(17)8-5-9-18(19)24(26)27/h5,8-10,12,14-15H,4,6-7,11H2,1-3H3,(H,21,25)(H,22,23). The average molecular weight is 370 g/mol. The van der Waals surface area contributed by atoms with Crippen LogP contribution in [0.1, 0.15) is 45.2 Å². The molecule has 0 saturated heterocycles. The van der Waals surface area contributed by atoms with Crippen LogP contribution in [0.3, 0.4) is 0 Å². The molecule has 27 heavy (non-hydrogen) atoms. The number of hydrogen-bond acceptors (Lipinski definition) is 5. The molecule has 1 heterocycles. The molecule has 3 rings (SSSR count). The largest absolute Gasteiger partial charge is 0.382 e. The minimum absolute atomic E-state index is 0.00202. The second-order valence-corrected chi connectivity index (χ2v) is 7.61. The Balaban J connectivity index is 1.85. The minimum atomic E-state index is -0.397. The maximum Gasteiger partial charge on any atom is 0.295 e. The summed E-state index contributed by atoms with van der Waals surface area (Å²) < 4.78 is 0. The van der Waals surface area contributed by atoms with E-state index in [9.17, 15) is 14.9 Å². The van der Waals surface area contributed by atoms with E-state index in [4.69, 9.17) is 0 Å². The number of fused-ring (bicyclic) bond motifs is 1. The molecule has 0 spiro atoms. The first-order valence-electron chi connectivity index (χ1n) is 9.47. The number of pyridine rings is 1. The van der Waals surface area contributed by atoms with E-state index in [1.54, 1.807) is 6.07 Å². The minimum Gasteiger partial charge on any atom is -0.382 e. The molecule has 1 saturated carbocycles. The number of para-hydroxylation sites is 1. The number of hydrogen-bond donors (Lipinski definition) is 2. The molecular formula is C20H26N4O3. The van der Waals surface area contributed by atoms with Gasteiger partial charge in [0.2, 0.25) is 5.91 Å². The molecule has 1 fully saturated rings. The second-order valence-electron chi connectivity index (χ2n) is 7.61. The lowest BCUT2D eigenvalue weighted by atomic mass is 9.84. The number of benzene rings is 1. The van der Waals surface area contributed by atoms with Crippen molar-refractivity contribution >= 4 is 28.2 Å². The number of nitro benzene ring substituents is 1. The van der Waals surface area contributed by atoms with Gasteiger partial charge in [0, 0.05) is 40.8 Å². The third-order valence-corrected chi connectivity index (χ3v) is 4.98. The summed E-state index contributed by atoms with van der Waals surface area (Å²) in [5.41, 5.74) is 1.98. The Hall–Kier alpha value is -2.70. The van der Waals surface area contributed by atoms with E-state index in [1.165, 1.54) is 6.07 Å². The van der Waals surface area contributed by atoms with E-state index in [-0.39, 0.29) is 29.6 Å². The summed E-state index contributed by atoms with van der Waals surface area (Å²) >= 11 is 0. The van der Waals surface area contributed by atoms with Gasteiger partial charge in [-0.15, -0.1) is 0 Å². The van der Waals surface area contributed by atoms with Crippen LogP contribution in [-0.4, -0.2) is 27.9 Å². The SMILES string of the molecule is Cc1cc(NC2CCCC(C(=O)NC(C)C)C2)c2cccc([N+](=O)[O-])c2n1. The number of carbonyl (C=O) groups excluding carboxylic acids is 1. The molecule has 0 bridgehead atoms. The third-order valence-electron chi connectivity index (χ3n) is 4.98. The number of aromatic nitrogens is 1. The van der Waals surface area contributed by atoms with Gasteiger partial charge in [-0.3, -0.25) is 14.9 Å². The normalized spacial score (nSPS) is 19.9. The molecule has 1 aliphatic rings. The van der Waals surface area contributed by atoms with Gasteiger partial charge in [0.15, 0.2) is 5.52 Å². The molecule has 7 heteroatoms. The molecule has 2 unspecified atom stereocenters. The predicted molar refractivity (Wildman–Crippen MR) is 106 cm³/mol. The van der Waals surface area contributed by atoms with Gasteiger partial charge in [-0.1, -0.05) is 18.6 Å². The lowest BCUT2D eigenvalue weighted by Crippen LogP contribution is -2.40. The van der Waals surface area contributed by atoms with E-state index < -0.39 is 4.92 Å². The number of anilines is 1. The smallest absolute Gasteiger partial charge is 0.295 e. The summed E-state index contributed by atoms with van der Waals surface area (Å²) in [4.78, 5) is 27.7. The van der Waals surface area contributed by atoms with Crippen LogP contribution in [0.15, 0.2) is 24.3 Å². The van der Waals surface area contributed by atoms with Crippen LogP contribution >= 0.6 is 0 Å². The fourth-order valence-electron chi connectivity index (χ4n) is 3.81. The van der Waals surface area contributed by atoms with Gasteiger partial charge in [-0.25, -0.2) is 4.98 Å². The van der Waals surface area contributed by atoms with Gasteiger partial charge in [0.05, 0.1) is 4.92 Å². The van der Waals surface area contributed by atoms with Crippen molar-refractivity contribution in [2.45, 2.75) is 58.5 Å². The van der Waals surface area contributed by atoms with Crippen LogP contribution < -0.4 is 10.6 Å². The van der Waals surface area contributed by atoms with Crippen LogP contribution in [0.25, 0.3) is 10.9 Å². The average Bonchev–Trinajstić information content (AvgIpc) is 2.60. The monoisotopic (exact) mass is 370 g/mol. The number of nitro groups is 1. The zero-order valence-corrected chi connectivity index (χ0v) is 16.0. The Morgan fingerprint density at radius 3 is 2.81 bits per heavy atom. The van der Waals surface area contributed by atoms with Crippen molar-refractivity contribution in [3.05, 3.63) is 40.1 Å². The number of nitrogens with zero attached hydrogens (tertiary/aromatic N) is 2. The summed E-state index contributed by atoms with van der Waals surface area (Å²) in [5, 5.41) is 18.6. The molecule has 144 valence electrons. The van der Waals surface area contributed by atoms with Gasteiger partial charge in [-0.05, 0) is 46.1 Å². The summed E-state index contributed by atoms with van der Waals surface area (Å²) in [5.74, 6) is 0.116. The van der Waals surface area contributed by atoms with Crippen LogP contribution in [0.5, 0.6) is 0 Å². The molecule has 2 N–H and O–H groups in total. The molecule has 1 amide bonds. The highest BCUT2D eigenvalue weighted by molar-refractivity contribution is 5.96. The van der Waals surface area contributed by atoms with Gasteiger partial charge < -0.3 is 10.6 Å². The number of amides is 1. The van der Waals surface area contributed by atoms with Crippen molar-refractivity contribution in [1.29, 1.82) is 0 Å². The van der Waals surface area contributed by atoms with Crippen LogP contribution in [0.4, 0.5) is 11.4 Å². The Kier molecular flexibility index (Phi) is 5.58. The fraction of sp³-hybridized carbons (Fsp3) is 0.500. The zero-order chi connectivity index (χ0) is 19.6. The van der Waals surface area contributed by atoms with Crippen LogP contribution in [0.2, 0.25) is 0 Å². The Bertz CT molecular complexity index is 866. The summed E-state index contributed by atoms with van der Waals surface area (Å²) in [6.07, 6.45) is 3.62. The van der Waals surface area contributed by atoms with Gasteiger partial charge in [-0.2, -0.15) is 0 Å². The quantitative estimate of drug-likeness (QED) is 0.613. The molecule has 2 aromatic rings. The molecule has 1 aliphatic carbocycles. The Morgan fingerprint density at radius 2 is 2.11 bits per heavy atom. The molecule has 2 atom stereocenters. The molecular weight excluding hydrogens is 344 g/mol. The molecule has 0 aliphatic heterocycles. The Labute approximate surface area is 158 Å². The second kappa shape index (κ2) is 7.90. The summed E-state index contributed by atoms with van der Waals surface area (Å²) in [7, 11) is 0. The van der Waals surface area contributed by atoms with E-state index in [1.807, 2.05) is 32.9 Å². The van der Waals surface area contributed by atoms with E-state index in [0.29, 0.717) is 5.52 Å². The first-order valence-corrected chi connectivity index (χ1v) is 9.47. The lowest BCUT2D eigenvalue weighted by Gasteiger charge is -2.30. The third kappa shape index (κ3) is 4.35. The zero-order valence-electron chi connectivity index (χ0n) is 16.0. The number of aryl methyl sites for hydroxylation is 1. The van der Waals surface area contributed by atoms with Crippen LogP contribution in [0, 0.1) is 23.0 Å². The maximum atomic E-state index is 12.4. The van der Waals surface area contributed by atoms with Crippen molar-refractivity contribution < 1.29 is 9.72 Å². The van der Waals surface area contributed by atoms with Gasteiger partial charge in [0.1, 0.15) is 0 Å². The molecule has 1 aromatic carbocycles. The highest BCUT2D eigenvalue weighted by atomic mass is 16.6. The molecule has 1 aromatic heterocycles. The first-order chi connectivity index (χ1) is 12.8. The fourth-order valence-corrected chi connectivity index (χ4v) is 3.81. The van der Waals surface area contributed by atoms with Gasteiger partial charge in [0.25, 0.3) is 5.69 Å². The molecule has 7 nitrogen and oxygen atoms in total. The highest BCUT2D eigenvalue weighted by Gasteiger charge is 2.28.